The Morgan fingerprint density at radius 3 is 2.37 bits per heavy atom. The second-order valence-corrected chi connectivity index (χ2v) is 5.81. The lowest BCUT2D eigenvalue weighted by molar-refractivity contribution is -0.186. The van der Waals surface area contributed by atoms with Crippen LogP contribution in [0.1, 0.15) is 44.9 Å². The number of hydrogen-bond donors (Lipinski definition) is 2. The molecule has 0 aromatic rings. The molecule has 0 spiro atoms. The largest absolute Gasteiger partial charge is 0.391 e. The first-order chi connectivity index (χ1) is 8.88. The number of nitrogens with two attached hydrogens (primary N) is 1. The van der Waals surface area contributed by atoms with E-state index < -0.39 is 18.0 Å². The molecule has 0 saturated heterocycles. The number of carbonyl (C=O) groups excluding carboxylic acids is 1. The smallest absolute Gasteiger partial charge is 0.352 e. The zero-order valence-electron chi connectivity index (χ0n) is 10.9. The number of amides is 1. The monoisotopic (exact) mass is 278 g/mol. The lowest BCUT2D eigenvalue weighted by Gasteiger charge is -2.31. The Labute approximate surface area is 111 Å². The van der Waals surface area contributed by atoms with Gasteiger partial charge in [-0.2, -0.15) is 13.2 Å². The zero-order chi connectivity index (χ0) is 14.0. The van der Waals surface area contributed by atoms with Gasteiger partial charge in [-0.25, -0.2) is 0 Å². The highest BCUT2D eigenvalue weighted by Gasteiger charge is 2.43. The summed E-state index contributed by atoms with van der Waals surface area (Å²) in [5, 5.41) is 2.84. The molecule has 2 rings (SSSR count). The summed E-state index contributed by atoms with van der Waals surface area (Å²) in [4.78, 5) is 12.0. The van der Waals surface area contributed by atoms with E-state index in [1.165, 1.54) is 0 Å². The molecule has 0 radical (unpaired) electrons. The van der Waals surface area contributed by atoms with E-state index in [0.29, 0.717) is 12.8 Å². The molecule has 0 bridgehead atoms. The molecule has 2 aliphatic carbocycles. The van der Waals surface area contributed by atoms with E-state index >= 15 is 0 Å². The van der Waals surface area contributed by atoms with Crippen molar-refractivity contribution in [3.63, 3.8) is 0 Å². The SMILES string of the molecule is NC1CCCC1NC(=O)C1CCCC(C(F)(F)F)C1. The summed E-state index contributed by atoms with van der Waals surface area (Å²) in [5.41, 5.74) is 5.86. The molecule has 4 atom stereocenters. The van der Waals surface area contributed by atoms with Crippen molar-refractivity contribution in [3.8, 4) is 0 Å². The Balaban J connectivity index is 1.88. The van der Waals surface area contributed by atoms with E-state index in [2.05, 4.69) is 5.32 Å². The van der Waals surface area contributed by atoms with Crippen LogP contribution in [-0.2, 0) is 4.79 Å². The van der Waals surface area contributed by atoms with Crippen LogP contribution in [0.2, 0.25) is 0 Å². The normalized spacial score (nSPS) is 36.2. The number of nitrogens with one attached hydrogen (secondary N) is 1. The predicted octanol–water partition coefficient (Wildman–Crippen LogP) is 2.35. The summed E-state index contributed by atoms with van der Waals surface area (Å²) >= 11 is 0. The van der Waals surface area contributed by atoms with E-state index in [0.717, 1.165) is 19.3 Å². The van der Waals surface area contributed by atoms with Crippen LogP contribution in [0.15, 0.2) is 0 Å². The average Bonchev–Trinajstić information content (AvgIpc) is 2.74. The minimum Gasteiger partial charge on any atom is -0.352 e. The van der Waals surface area contributed by atoms with Gasteiger partial charge < -0.3 is 11.1 Å². The highest BCUT2D eigenvalue weighted by atomic mass is 19.4. The Hall–Kier alpha value is -0.780. The van der Waals surface area contributed by atoms with Crippen LogP contribution in [0.25, 0.3) is 0 Å². The number of carbonyl (C=O) groups is 1. The van der Waals surface area contributed by atoms with Crippen molar-refractivity contribution in [1.29, 1.82) is 0 Å². The van der Waals surface area contributed by atoms with Crippen LogP contribution >= 0.6 is 0 Å². The first-order valence-electron chi connectivity index (χ1n) is 7.00. The maximum atomic E-state index is 12.7. The van der Waals surface area contributed by atoms with Gasteiger partial charge in [-0.05, 0) is 38.5 Å². The lowest BCUT2D eigenvalue weighted by Crippen LogP contribution is -2.47. The fraction of sp³-hybridized carbons (Fsp3) is 0.923. The molecule has 2 fully saturated rings. The molecule has 4 unspecified atom stereocenters. The molecule has 110 valence electrons. The number of halogens is 3. The minimum atomic E-state index is -4.18. The Morgan fingerprint density at radius 2 is 1.79 bits per heavy atom. The van der Waals surface area contributed by atoms with Gasteiger partial charge in [0.2, 0.25) is 5.91 Å². The molecule has 3 nitrogen and oxygen atoms in total. The predicted molar refractivity (Wildman–Crippen MR) is 65.3 cm³/mol. The summed E-state index contributed by atoms with van der Waals surface area (Å²) in [6.07, 6.45) is -0.388. The number of hydrogen-bond acceptors (Lipinski definition) is 2. The molecular weight excluding hydrogens is 257 g/mol. The van der Waals surface area contributed by atoms with Crippen LogP contribution < -0.4 is 11.1 Å². The highest BCUT2D eigenvalue weighted by molar-refractivity contribution is 5.79. The van der Waals surface area contributed by atoms with E-state index in [4.69, 9.17) is 5.73 Å². The third-order valence-corrected chi connectivity index (χ3v) is 4.40. The van der Waals surface area contributed by atoms with Gasteiger partial charge in [0.15, 0.2) is 0 Å². The second-order valence-electron chi connectivity index (χ2n) is 5.81. The van der Waals surface area contributed by atoms with Crippen molar-refractivity contribution < 1.29 is 18.0 Å². The molecule has 2 aliphatic rings. The fourth-order valence-corrected chi connectivity index (χ4v) is 3.19. The summed E-state index contributed by atoms with van der Waals surface area (Å²) < 4.78 is 38.1. The van der Waals surface area contributed by atoms with Crippen LogP contribution in [0.4, 0.5) is 13.2 Å². The minimum absolute atomic E-state index is 0.0500. The average molecular weight is 278 g/mol. The Morgan fingerprint density at radius 1 is 1.11 bits per heavy atom. The third-order valence-electron chi connectivity index (χ3n) is 4.40. The van der Waals surface area contributed by atoms with Gasteiger partial charge in [0.25, 0.3) is 0 Å². The lowest BCUT2D eigenvalue weighted by atomic mass is 9.80. The number of alkyl halides is 3. The van der Waals surface area contributed by atoms with Crippen LogP contribution in [0.5, 0.6) is 0 Å². The van der Waals surface area contributed by atoms with Crippen LogP contribution in [-0.4, -0.2) is 24.2 Å². The van der Waals surface area contributed by atoms with E-state index in [1.807, 2.05) is 0 Å². The van der Waals surface area contributed by atoms with Gasteiger partial charge in [-0.15, -0.1) is 0 Å². The quantitative estimate of drug-likeness (QED) is 0.814. The van der Waals surface area contributed by atoms with Crippen molar-refractivity contribution in [2.24, 2.45) is 17.6 Å². The second kappa shape index (κ2) is 5.69. The van der Waals surface area contributed by atoms with Crippen LogP contribution in [0.3, 0.4) is 0 Å². The first-order valence-corrected chi connectivity index (χ1v) is 7.00. The number of rotatable bonds is 2. The van der Waals surface area contributed by atoms with E-state index in [9.17, 15) is 18.0 Å². The summed E-state index contributed by atoms with van der Waals surface area (Å²) in [5.74, 6) is -2.07. The maximum absolute atomic E-state index is 12.7. The topological polar surface area (TPSA) is 55.1 Å². The van der Waals surface area contributed by atoms with Gasteiger partial charge in [-0.1, -0.05) is 6.42 Å². The summed E-state index contributed by atoms with van der Waals surface area (Å²) in [7, 11) is 0. The Kier molecular flexibility index (Phi) is 4.38. The maximum Gasteiger partial charge on any atom is 0.391 e. The van der Waals surface area contributed by atoms with Crippen molar-refractivity contribution in [2.45, 2.75) is 63.2 Å². The molecule has 0 aromatic carbocycles. The molecule has 2 saturated carbocycles. The first kappa shape index (κ1) is 14.6. The Bertz CT molecular complexity index is 332. The molecule has 0 aliphatic heterocycles. The fourth-order valence-electron chi connectivity index (χ4n) is 3.19. The van der Waals surface area contributed by atoms with Crippen molar-refractivity contribution in [2.75, 3.05) is 0 Å². The van der Waals surface area contributed by atoms with Crippen molar-refractivity contribution in [3.05, 3.63) is 0 Å². The molecule has 0 aromatic heterocycles. The van der Waals surface area contributed by atoms with Gasteiger partial charge >= 0.3 is 6.18 Å². The zero-order valence-corrected chi connectivity index (χ0v) is 10.9. The van der Waals surface area contributed by atoms with Crippen molar-refractivity contribution >= 4 is 5.91 Å². The summed E-state index contributed by atoms with van der Waals surface area (Å²) in [6, 6.07) is -0.107. The molecule has 0 heterocycles. The van der Waals surface area contributed by atoms with E-state index in [1.54, 1.807) is 0 Å². The molecular formula is C13H21F3N2O. The van der Waals surface area contributed by atoms with Crippen LogP contribution in [0, 0.1) is 11.8 Å². The van der Waals surface area contributed by atoms with E-state index in [-0.39, 0.29) is 30.8 Å². The molecule has 1 amide bonds. The standard InChI is InChI=1S/C13H21F3N2O/c14-13(15,16)9-4-1-3-8(7-9)12(19)18-11-6-2-5-10(11)17/h8-11H,1-7,17H2,(H,18,19). The van der Waals surface area contributed by atoms with Gasteiger partial charge in [0.1, 0.15) is 0 Å². The van der Waals surface area contributed by atoms with Gasteiger partial charge in [0.05, 0.1) is 5.92 Å². The third kappa shape index (κ3) is 3.61. The molecule has 19 heavy (non-hydrogen) atoms. The molecule has 3 N–H and O–H groups in total. The van der Waals surface area contributed by atoms with Crippen molar-refractivity contribution in [1.82, 2.24) is 5.32 Å². The van der Waals surface area contributed by atoms with Gasteiger partial charge in [-0.3, -0.25) is 4.79 Å². The van der Waals surface area contributed by atoms with Gasteiger partial charge in [0, 0.05) is 18.0 Å². The molecule has 6 heteroatoms. The summed E-state index contributed by atoms with van der Waals surface area (Å²) in [6.45, 7) is 0. The highest BCUT2D eigenvalue weighted by Crippen LogP contribution is 2.40.